The normalized spacial score (nSPS) is 30.8. The van der Waals surface area contributed by atoms with E-state index in [0.717, 1.165) is 24.8 Å². The molecular formula is C15H31N3O2S. The number of rotatable bonds is 7. The minimum Gasteiger partial charge on any atom is -0.313 e. The fourth-order valence-corrected chi connectivity index (χ4v) is 4.36. The number of nitrogens with zero attached hydrogens (tertiary/aromatic N) is 1. The molecule has 2 fully saturated rings. The summed E-state index contributed by atoms with van der Waals surface area (Å²) >= 11 is 0. The quantitative estimate of drug-likeness (QED) is 0.688. The van der Waals surface area contributed by atoms with Gasteiger partial charge in [0.25, 0.3) is 0 Å². The molecule has 0 aromatic heterocycles. The maximum atomic E-state index is 11.0. The van der Waals surface area contributed by atoms with E-state index >= 15 is 0 Å². The molecule has 1 saturated carbocycles. The van der Waals surface area contributed by atoms with Crippen molar-refractivity contribution in [2.75, 3.05) is 32.4 Å². The van der Waals surface area contributed by atoms with Crippen LogP contribution in [-0.2, 0) is 10.0 Å². The number of piperidine rings is 1. The topological polar surface area (TPSA) is 61.4 Å². The summed E-state index contributed by atoms with van der Waals surface area (Å²) in [5.74, 6) is 1.53. The predicted molar refractivity (Wildman–Crippen MR) is 86.8 cm³/mol. The molecule has 0 aromatic rings. The highest BCUT2D eigenvalue weighted by Gasteiger charge is 2.39. The van der Waals surface area contributed by atoms with Gasteiger partial charge in [-0.1, -0.05) is 6.42 Å². The summed E-state index contributed by atoms with van der Waals surface area (Å²) in [6, 6.07) is 1.28. The van der Waals surface area contributed by atoms with E-state index in [2.05, 4.69) is 28.8 Å². The van der Waals surface area contributed by atoms with Crippen LogP contribution in [0.4, 0.5) is 0 Å². The Morgan fingerprint density at radius 2 is 1.76 bits per heavy atom. The van der Waals surface area contributed by atoms with Gasteiger partial charge in [0.05, 0.1) is 6.26 Å². The molecule has 0 spiro atoms. The lowest BCUT2D eigenvalue weighted by Gasteiger charge is -2.49. The van der Waals surface area contributed by atoms with Gasteiger partial charge in [0.1, 0.15) is 0 Å². The van der Waals surface area contributed by atoms with E-state index < -0.39 is 10.0 Å². The van der Waals surface area contributed by atoms with E-state index in [4.69, 9.17) is 0 Å². The van der Waals surface area contributed by atoms with Gasteiger partial charge in [0.15, 0.2) is 0 Å². The Balaban J connectivity index is 1.76. The van der Waals surface area contributed by atoms with Gasteiger partial charge in [-0.05, 0) is 51.5 Å². The highest BCUT2D eigenvalue weighted by atomic mass is 32.2. The molecule has 2 bridgehead atoms. The van der Waals surface area contributed by atoms with Gasteiger partial charge >= 0.3 is 0 Å². The maximum absolute atomic E-state index is 11.0. The van der Waals surface area contributed by atoms with Crippen molar-refractivity contribution in [1.82, 2.24) is 14.9 Å². The lowest BCUT2D eigenvalue weighted by molar-refractivity contribution is 0.0298. The molecule has 6 heteroatoms. The van der Waals surface area contributed by atoms with Crippen LogP contribution in [0.1, 0.15) is 39.5 Å². The molecule has 2 aliphatic rings. The predicted octanol–water partition coefficient (Wildman–Crippen LogP) is 1.02. The molecule has 2 unspecified atom stereocenters. The van der Waals surface area contributed by atoms with Crippen LogP contribution in [0.15, 0.2) is 0 Å². The zero-order chi connectivity index (χ0) is 15.5. The van der Waals surface area contributed by atoms with Crippen molar-refractivity contribution >= 4 is 10.0 Å². The molecule has 2 rings (SSSR count). The Bertz CT molecular complexity index is 411. The van der Waals surface area contributed by atoms with Crippen molar-refractivity contribution < 1.29 is 8.42 Å². The van der Waals surface area contributed by atoms with E-state index in [0.29, 0.717) is 18.6 Å². The first-order valence-electron chi connectivity index (χ1n) is 8.29. The number of sulfonamides is 1. The fourth-order valence-electron chi connectivity index (χ4n) is 3.84. The van der Waals surface area contributed by atoms with Crippen molar-refractivity contribution in [1.29, 1.82) is 0 Å². The van der Waals surface area contributed by atoms with Gasteiger partial charge in [-0.2, -0.15) is 0 Å². The number of hydrogen-bond donors (Lipinski definition) is 2. The molecule has 5 nitrogen and oxygen atoms in total. The number of likely N-dealkylation sites (tertiary alicyclic amines) is 1. The van der Waals surface area contributed by atoms with Crippen molar-refractivity contribution in [2.24, 2.45) is 11.8 Å². The van der Waals surface area contributed by atoms with Gasteiger partial charge in [-0.3, -0.25) is 0 Å². The zero-order valence-electron chi connectivity index (χ0n) is 13.6. The monoisotopic (exact) mass is 317 g/mol. The van der Waals surface area contributed by atoms with Gasteiger partial charge < -0.3 is 10.2 Å². The second kappa shape index (κ2) is 7.40. The summed E-state index contributed by atoms with van der Waals surface area (Å²) in [6.07, 6.45) is 6.11. The molecule has 1 aliphatic carbocycles. The second-order valence-corrected chi connectivity index (χ2v) is 8.83. The van der Waals surface area contributed by atoms with Gasteiger partial charge in [0, 0.05) is 31.7 Å². The zero-order valence-corrected chi connectivity index (χ0v) is 14.5. The molecule has 0 radical (unpaired) electrons. The Morgan fingerprint density at radius 1 is 1.14 bits per heavy atom. The molecule has 0 amide bonds. The summed E-state index contributed by atoms with van der Waals surface area (Å²) in [5.41, 5.74) is 0. The van der Waals surface area contributed by atoms with Gasteiger partial charge in [-0.25, -0.2) is 13.1 Å². The summed E-state index contributed by atoms with van der Waals surface area (Å²) < 4.78 is 24.6. The first-order valence-corrected chi connectivity index (χ1v) is 10.2. The van der Waals surface area contributed by atoms with Gasteiger partial charge in [-0.15, -0.1) is 0 Å². The molecule has 1 saturated heterocycles. The maximum Gasteiger partial charge on any atom is 0.208 e. The van der Waals surface area contributed by atoms with E-state index in [9.17, 15) is 8.42 Å². The van der Waals surface area contributed by atoms with Crippen LogP contribution in [0.25, 0.3) is 0 Å². The minimum absolute atomic E-state index is 0.534. The molecule has 1 aliphatic heterocycles. The van der Waals surface area contributed by atoms with Crippen LogP contribution in [-0.4, -0.2) is 57.8 Å². The molecule has 21 heavy (non-hydrogen) atoms. The van der Waals surface area contributed by atoms with Crippen LogP contribution < -0.4 is 10.0 Å². The first kappa shape index (κ1) is 17.2. The van der Waals surface area contributed by atoms with E-state index in [1.165, 1.54) is 38.6 Å². The average Bonchev–Trinajstić information content (AvgIpc) is 2.35. The lowest BCUT2D eigenvalue weighted by Crippen LogP contribution is -2.58. The van der Waals surface area contributed by atoms with Crippen LogP contribution in [0.5, 0.6) is 0 Å². The molecule has 124 valence electrons. The third-order valence-corrected chi connectivity index (χ3v) is 5.66. The smallest absolute Gasteiger partial charge is 0.208 e. The number of hydrogen-bond acceptors (Lipinski definition) is 4. The van der Waals surface area contributed by atoms with Gasteiger partial charge in [0.2, 0.25) is 10.0 Å². The Morgan fingerprint density at radius 3 is 2.29 bits per heavy atom. The highest BCUT2D eigenvalue weighted by Crippen LogP contribution is 2.35. The SMILES string of the molecule is CC(C)N1CC2CCCC(C1)C2NCCCNS(C)(=O)=O. The van der Waals surface area contributed by atoms with E-state index in [-0.39, 0.29) is 0 Å². The number of fused-ring (bicyclic) bond motifs is 2. The number of nitrogens with one attached hydrogen (secondary N) is 2. The average molecular weight is 317 g/mol. The fraction of sp³-hybridized carbons (Fsp3) is 1.00. The Labute approximate surface area is 129 Å². The van der Waals surface area contributed by atoms with Crippen molar-refractivity contribution in [3.63, 3.8) is 0 Å². The van der Waals surface area contributed by atoms with Crippen LogP contribution in [0.2, 0.25) is 0 Å². The third kappa shape index (κ3) is 5.20. The molecule has 2 N–H and O–H groups in total. The summed E-state index contributed by atoms with van der Waals surface area (Å²) in [7, 11) is -3.05. The first-order chi connectivity index (χ1) is 9.87. The van der Waals surface area contributed by atoms with Crippen molar-refractivity contribution in [2.45, 2.75) is 51.6 Å². The summed E-state index contributed by atoms with van der Waals surface area (Å²) in [5, 5.41) is 3.71. The standard InChI is InChI=1S/C15H31N3O2S/c1-12(2)18-10-13-6-4-7-14(11-18)15(13)16-8-5-9-17-21(3,19)20/h12-17H,4-11H2,1-3H3. The third-order valence-electron chi connectivity index (χ3n) is 4.93. The second-order valence-electron chi connectivity index (χ2n) is 7.00. The van der Waals surface area contributed by atoms with E-state index in [1.54, 1.807) is 0 Å². The Kier molecular flexibility index (Phi) is 6.05. The minimum atomic E-state index is -3.05. The summed E-state index contributed by atoms with van der Waals surface area (Å²) in [6.45, 7) is 8.45. The molecule has 1 heterocycles. The summed E-state index contributed by atoms with van der Waals surface area (Å²) in [4.78, 5) is 2.62. The molecule has 0 aromatic carbocycles. The largest absolute Gasteiger partial charge is 0.313 e. The lowest BCUT2D eigenvalue weighted by atomic mass is 9.73. The van der Waals surface area contributed by atoms with Crippen molar-refractivity contribution in [3.8, 4) is 0 Å². The van der Waals surface area contributed by atoms with E-state index in [1.807, 2.05) is 0 Å². The van der Waals surface area contributed by atoms with Crippen LogP contribution in [0, 0.1) is 11.8 Å². The van der Waals surface area contributed by atoms with Crippen LogP contribution >= 0.6 is 0 Å². The molecular weight excluding hydrogens is 286 g/mol. The van der Waals surface area contributed by atoms with Crippen molar-refractivity contribution in [3.05, 3.63) is 0 Å². The molecule has 2 atom stereocenters. The highest BCUT2D eigenvalue weighted by molar-refractivity contribution is 7.88. The Hall–Kier alpha value is -0.170. The van der Waals surface area contributed by atoms with Crippen LogP contribution in [0.3, 0.4) is 0 Å².